The van der Waals surface area contributed by atoms with E-state index in [9.17, 15) is 18.5 Å². The minimum atomic E-state index is -3.93. The lowest BCUT2D eigenvalue weighted by Gasteiger charge is -2.19. The molecule has 0 saturated heterocycles. The van der Waals surface area contributed by atoms with Gasteiger partial charge in [-0.1, -0.05) is 29.3 Å². The second-order valence-corrected chi connectivity index (χ2v) is 7.47. The molecule has 0 spiro atoms. The van der Waals surface area contributed by atoms with Crippen LogP contribution in [0.25, 0.3) is 0 Å². The number of nitro groups is 1. The second-order valence-electron chi connectivity index (χ2n) is 4.84. The van der Waals surface area contributed by atoms with Gasteiger partial charge in [0, 0.05) is 24.9 Å². The van der Waals surface area contributed by atoms with E-state index < -0.39 is 14.9 Å². The van der Waals surface area contributed by atoms with E-state index in [0.29, 0.717) is 12.1 Å². The predicted molar refractivity (Wildman–Crippen MR) is 85.6 cm³/mol. The molecule has 23 heavy (non-hydrogen) atoms. The van der Waals surface area contributed by atoms with Crippen LogP contribution in [0, 0.1) is 10.1 Å². The van der Waals surface area contributed by atoms with Crippen molar-refractivity contribution in [1.82, 2.24) is 4.98 Å². The molecular formula is C13H9Cl2N3O4S. The molecule has 0 atom stereocenters. The number of nitro benzene ring substituents is 1. The van der Waals surface area contributed by atoms with Gasteiger partial charge in [-0.25, -0.2) is 13.4 Å². The molecule has 1 aromatic carbocycles. The van der Waals surface area contributed by atoms with Crippen molar-refractivity contribution in [1.29, 1.82) is 0 Å². The molecule has 1 aliphatic heterocycles. The molecule has 7 nitrogen and oxygen atoms in total. The highest BCUT2D eigenvalue weighted by Gasteiger charge is 2.32. The molecule has 0 fully saturated rings. The van der Waals surface area contributed by atoms with Crippen LogP contribution < -0.4 is 4.31 Å². The molecule has 0 amide bonds. The zero-order valence-electron chi connectivity index (χ0n) is 11.4. The number of non-ortho nitro benzene ring substituents is 1. The van der Waals surface area contributed by atoms with Crippen molar-refractivity contribution in [3.8, 4) is 0 Å². The number of nitrogens with zero attached hydrogens (tertiary/aromatic N) is 3. The fraction of sp³-hybridized carbons (Fsp3) is 0.154. The van der Waals surface area contributed by atoms with Gasteiger partial charge in [-0.15, -0.1) is 0 Å². The smallest absolute Gasteiger partial charge is 0.265 e. The Hall–Kier alpha value is -1.90. The molecule has 2 heterocycles. The summed E-state index contributed by atoms with van der Waals surface area (Å²) in [5.74, 6) is 0. The summed E-state index contributed by atoms with van der Waals surface area (Å²) >= 11 is 11.5. The van der Waals surface area contributed by atoms with Gasteiger partial charge in [-0.2, -0.15) is 0 Å². The predicted octanol–water partition coefficient (Wildman–Crippen LogP) is 3.05. The average Bonchev–Trinajstić information content (AvgIpc) is 2.93. The van der Waals surface area contributed by atoms with Crippen LogP contribution in [0.2, 0.25) is 10.2 Å². The highest BCUT2D eigenvalue weighted by atomic mass is 35.5. The largest absolute Gasteiger partial charge is 0.271 e. The highest BCUT2D eigenvalue weighted by molar-refractivity contribution is 7.92. The van der Waals surface area contributed by atoms with Crippen molar-refractivity contribution in [3.63, 3.8) is 0 Å². The van der Waals surface area contributed by atoms with Crippen LogP contribution in [-0.2, 0) is 16.4 Å². The number of pyridine rings is 1. The third kappa shape index (κ3) is 2.73. The summed E-state index contributed by atoms with van der Waals surface area (Å²) in [5.41, 5.74) is 0.857. The Morgan fingerprint density at radius 1 is 1.26 bits per heavy atom. The Bertz CT molecular complexity index is 917. The number of fused-ring (bicyclic) bond motifs is 1. The van der Waals surface area contributed by atoms with Crippen molar-refractivity contribution < 1.29 is 13.3 Å². The first-order valence-corrected chi connectivity index (χ1v) is 8.61. The number of anilines is 1. The zero-order valence-corrected chi connectivity index (χ0v) is 13.8. The summed E-state index contributed by atoms with van der Waals surface area (Å²) in [6, 6.07) is 5.39. The maximum atomic E-state index is 12.8. The fourth-order valence-corrected chi connectivity index (χ4v) is 4.18. The summed E-state index contributed by atoms with van der Waals surface area (Å²) in [5, 5.41) is 10.9. The first kappa shape index (κ1) is 16.0. The monoisotopic (exact) mass is 373 g/mol. The molecule has 2 aromatic rings. The molecular weight excluding hydrogens is 365 g/mol. The lowest BCUT2D eigenvalue weighted by atomic mass is 10.1. The standard InChI is InChI=1S/C13H9Cl2N3O4S/c14-11-6-10(7-16-13(11)15)23(21,22)17-4-3-8-1-2-9(18(19)20)5-12(8)17/h1-2,5-7H,3-4H2. The van der Waals surface area contributed by atoms with Crippen LogP contribution in [-0.4, -0.2) is 24.9 Å². The van der Waals surface area contributed by atoms with Crippen molar-refractivity contribution in [2.75, 3.05) is 10.8 Å². The molecule has 1 aliphatic rings. The molecule has 0 saturated carbocycles. The van der Waals surface area contributed by atoms with Crippen LogP contribution in [0.1, 0.15) is 5.56 Å². The number of aromatic nitrogens is 1. The van der Waals surface area contributed by atoms with Crippen molar-refractivity contribution in [2.24, 2.45) is 0 Å². The maximum absolute atomic E-state index is 12.8. The van der Waals surface area contributed by atoms with E-state index in [4.69, 9.17) is 23.2 Å². The molecule has 1 aromatic heterocycles. The van der Waals surface area contributed by atoms with Gasteiger partial charge < -0.3 is 0 Å². The Kier molecular flexibility index (Phi) is 3.91. The Morgan fingerprint density at radius 2 is 2.00 bits per heavy atom. The van der Waals surface area contributed by atoms with E-state index in [0.717, 1.165) is 16.1 Å². The number of benzene rings is 1. The number of rotatable bonds is 3. The summed E-state index contributed by atoms with van der Waals surface area (Å²) in [4.78, 5) is 14.0. The Labute approximate surface area is 141 Å². The SMILES string of the molecule is O=[N+]([O-])c1ccc2c(c1)N(S(=O)(=O)c1cnc(Cl)c(Cl)c1)CC2. The topological polar surface area (TPSA) is 93.4 Å². The Balaban J connectivity index is 2.08. The summed E-state index contributed by atoms with van der Waals surface area (Å²) in [6.45, 7) is 0.194. The van der Waals surface area contributed by atoms with Crippen molar-refractivity contribution in [3.05, 3.63) is 56.3 Å². The summed E-state index contributed by atoms with van der Waals surface area (Å²) in [7, 11) is -3.93. The van der Waals surface area contributed by atoms with E-state index in [1.165, 1.54) is 18.2 Å². The van der Waals surface area contributed by atoms with Gasteiger partial charge in [-0.05, 0) is 18.1 Å². The minimum Gasteiger partial charge on any atom is -0.265 e. The molecule has 0 unspecified atom stereocenters. The summed E-state index contributed by atoms with van der Waals surface area (Å²) < 4.78 is 26.6. The molecule has 3 rings (SSSR count). The first-order valence-electron chi connectivity index (χ1n) is 6.42. The summed E-state index contributed by atoms with van der Waals surface area (Å²) in [6.07, 6.45) is 1.58. The molecule has 120 valence electrons. The molecule has 10 heteroatoms. The van der Waals surface area contributed by atoms with E-state index in [1.807, 2.05) is 0 Å². The lowest BCUT2D eigenvalue weighted by Crippen LogP contribution is -2.29. The first-order chi connectivity index (χ1) is 10.8. The van der Waals surface area contributed by atoms with Crippen LogP contribution >= 0.6 is 23.2 Å². The van der Waals surface area contributed by atoms with Crippen LogP contribution in [0.15, 0.2) is 35.4 Å². The Morgan fingerprint density at radius 3 is 2.65 bits per heavy atom. The third-order valence-corrected chi connectivity index (χ3v) is 5.96. The van der Waals surface area contributed by atoms with Crippen LogP contribution in [0.5, 0.6) is 0 Å². The van der Waals surface area contributed by atoms with Crippen LogP contribution in [0.4, 0.5) is 11.4 Å². The van der Waals surface area contributed by atoms with E-state index in [-0.39, 0.29) is 27.3 Å². The van der Waals surface area contributed by atoms with Gasteiger partial charge >= 0.3 is 0 Å². The van der Waals surface area contributed by atoms with Crippen molar-refractivity contribution >= 4 is 44.6 Å². The number of hydrogen-bond donors (Lipinski definition) is 0. The third-order valence-electron chi connectivity index (χ3n) is 3.49. The van der Waals surface area contributed by atoms with Crippen LogP contribution in [0.3, 0.4) is 0 Å². The fourth-order valence-electron chi connectivity index (χ4n) is 2.37. The van der Waals surface area contributed by atoms with E-state index in [2.05, 4.69) is 4.98 Å². The lowest BCUT2D eigenvalue weighted by molar-refractivity contribution is -0.384. The number of sulfonamides is 1. The van der Waals surface area contributed by atoms with Crippen molar-refractivity contribution in [2.45, 2.75) is 11.3 Å². The molecule has 0 bridgehead atoms. The zero-order chi connectivity index (χ0) is 16.8. The second kappa shape index (κ2) is 5.63. The van der Waals surface area contributed by atoms with Gasteiger partial charge in [0.2, 0.25) is 0 Å². The highest BCUT2D eigenvalue weighted by Crippen LogP contribution is 2.36. The maximum Gasteiger partial charge on any atom is 0.271 e. The molecule has 0 radical (unpaired) electrons. The van der Waals surface area contributed by atoms with E-state index in [1.54, 1.807) is 6.07 Å². The van der Waals surface area contributed by atoms with Gasteiger partial charge in [0.15, 0.2) is 0 Å². The van der Waals surface area contributed by atoms with Gasteiger partial charge in [-0.3, -0.25) is 14.4 Å². The van der Waals surface area contributed by atoms with E-state index >= 15 is 0 Å². The van der Waals surface area contributed by atoms with Gasteiger partial charge in [0.1, 0.15) is 10.0 Å². The average molecular weight is 374 g/mol. The number of halogens is 2. The van der Waals surface area contributed by atoms with Gasteiger partial charge in [0.05, 0.1) is 15.6 Å². The molecule has 0 N–H and O–H groups in total. The quantitative estimate of drug-likeness (QED) is 0.468. The van der Waals surface area contributed by atoms with Gasteiger partial charge in [0.25, 0.3) is 15.7 Å². The molecule has 0 aliphatic carbocycles. The minimum absolute atomic E-state index is 0.00285. The number of hydrogen-bond acceptors (Lipinski definition) is 5. The normalized spacial score (nSPS) is 13.9.